The minimum absolute atomic E-state index is 0.443. The monoisotopic (exact) mass is 334 g/mol. The van der Waals surface area contributed by atoms with E-state index in [4.69, 9.17) is 21.1 Å². The zero-order valence-electron chi connectivity index (χ0n) is 11.9. The smallest absolute Gasteiger partial charge is 0.322 e. The molecule has 0 aromatic rings. The summed E-state index contributed by atoms with van der Waals surface area (Å²) in [7, 11) is 0. The summed E-state index contributed by atoms with van der Waals surface area (Å²) in [6, 6.07) is -3.02. The predicted octanol–water partition coefficient (Wildman–Crippen LogP) is -4.42. The first-order valence-corrected chi connectivity index (χ1v) is 6.33. The lowest BCUT2D eigenvalue weighted by molar-refractivity contribution is -0.141. The third-order valence-electron chi connectivity index (χ3n) is 2.45. The average Bonchev–Trinajstić information content (AvgIpc) is 2.48. The number of nitrogens with one attached hydrogen (secondary N) is 3. The van der Waals surface area contributed by atoms with Gasteiger partial charge in [-0.05, 0) is 0 Å². The maximum Gasteiger partial charge on any atom is 0.322 e. The molecule has 12 nitrogen and oxygen atoms in total. The van der Waals surface area contributed by atoms with E-state index in [2.05, 4.69) is 5.32 Å². The van der Waals surface area contributed by atoms with Crippen molar-refractivity contribution in [2.45, 2.75) is 18.5 Å². The van der Waals surface area contributed by atoms with E-state index in [9.17, 15) is 24.0 Å². The van der Waals surface area contributed by atoms with E-state index in [0.29, 0.717) is 0 Å². The van der Waals surface area contributed by atoms with Crippen LogP contribution in [-0.2, 0) is 24.0 Å². The molecule has 2 atom stereocenters. The third-order valence-corrected chi connectivity index (χ3v) is 2.45. The lowest BCUT2D eigenvalue weighted by Crippen LogP contribution is -2.56. The van der Waals surface area contributed by atoms with Crippen LogP contribution < -0.4 is 21.7 Å². The van der Waals surface area contributed by atoms with Gasteiger partial charge in [0.25, 0.3) is 0 Å². The van der Waals surface area contributed by atoms with Crippen LogP contribution in [0.2, 0.25) is 0 Å². The van der Waals surface area contributed by atoms with Crippen LogP contribution in [0.5, 0.6) is 0 Å². The number of carbonyl (C=O) groups excluding carboxylic acids is 3. The van der Waals surface area contributed by atoms with Crippen molar-refractivity contribution in [3.63, 3.8) is 0 Å². The number of carboxylic acid groups (broad SMARTS) is 2. The van der Waals surface area contributed by atoms with Crippen molar-refractivity contribution >= 4 is 29.7 Å². The van der Waals surface area contributed by atoms with Gasteiger partial charge in [0.1, 0.15) is 18.6 Å². The zero-order chi connectivity index (χ0) is 18.0. The summed E-state index contributed by atoms with van der Waals surface area (Å²) >= 11 is 0. The third kappa shape index (κ3) is 8.33. The molecule has 0 bridgehead atoms. The maximum atomic E-state index is 11.8. The van der Waals surface area contributed by atoms with E-state index in [1.165, 1.54) is 0 Å². The van der Waals surface area contributed by atoms with Gasteiger partial charge in [0.2, 0.25) is 17.7 Å². The number of aliphatic carboxylic acids is 2. The average molecular weight is 334 g/mol. The zero-order valence-corrected chi connectivity index (χ0v) is 11.9. The highest BCUT2D eigenvalue weighted by Crippen LogP contribution is 1.95. The molecule has 0 rings (SSSR count). The first-order valence-electron chi connectivity index (χ1n) is 6.33. The van der Waals surface area contributed by atoms with Gasteiger partial charge in [-0.2, -0.15) is 0 Å². The molecule has 0 aliphatic heterocycles. The summed E-state index contributed by atoms with van der Waals surface area (Å²) in [6.07, 6.45) is -0.819. The molecule has 130 valence electrons. The van der Waals surface area contributed by atoms with Crippen LogP contribution in [0.15, 0.2) is 0 Å². The van der Waals surface area contributed by atoms with Crippen molar-refractivity contribution in [2.24, 2.45) is 5.73 Å². The second-order valence-corrected chi connectivity index (χ2v) is 4.28. The fourth-order valence-electron chi connectivity index (χ4n) is 1.39. The number of carboxylic acids is 2. The molecule has 0 aromatic carbocycles. The number of aliphatic hydroxyl groups is 1. The van der Waals surface area contributed by atoms with Crippen molar-refractivity contribution in [3.05, 3.63) is 0 Å². The fraction of sp³-hybridized carbons (Fsp3) is 0.545. The topological polar surface area (TPSA) is 208 Å². The molecule has 8 N–H and O–H groups in total. The molecule has 0 saturated heterocycles. The fourth-order valence-corrected chi connectivity index (χ4v) is 1.39. The summed E-state index contributed by atoms with van der Waals surface area (Å²) in [5.41, 5.74) is 5.04. The standard InChI is InChI=1S/C11H18N4O8/c12-2-7(17)14-6(4-16)11(23)15-5(1-8(18)19)10(22)13-3-9(20)21/h5-6,16H,1-4,12H2,(H,13,22)(H,14,17)(H,15,23)(H,18,19)(H,20,21). The second kappa shape index (κ2) is 10.1. The van der Waals surface area contributed by atoms with Gasteiger partial charge in [-0.25, -0.2) is 0 Å². The predicted molar refractivity (Wildman–Crippen MR) is 72.9 cm³/mol. The normalized spacial score (nSPS) is 12.6. The number of amides is 3. The molecule has 23 heavy (non-hydrogen) atoms. The molecule has 0 spiro atoms. The molecule has 0 aliphatic rings. The Hall–Kier alpha value is -2.73. The van der Waals surface area contributed by atoms with Crippen LogP contribution in [0.1, 0.15) is 6.42 Å². The number of hydrogen-bond acceptors (Lipinski definition) is 7. The molecule has 0 fully saturated rings. The minimum Gasteiger partial charge on any atom is -0.481 e. The molecule has 0 aliphatic carbocycles. The molecular weight excluding hydrogens is 316 g/mol. The van der Waals surface area contributed by atoms with Gasteiger partial charge in [0.05, 0.1) is 19.6 Å². The van der Waals surface area contributed by atoms with Crippen molar-refractivity contribution in [1.29, 1.82) is 0 Å². The summed E-state index contributed by atoms with van der Waals surface area (Å²) in [5.74, 6) is -5.59. The van der Waals surface area contributed by atoms with E-state index in [1.54, 1.807) is 0 Å². The lowest BCUT2D eigenvalue weighted by Gasteiger charge is -2.20. The van der Waals surface area contributed by atoms with Gasteiger partial charge >= 0.3 is 11.9 Å². The summed E-state index contributed by atoms with van der Waals surface area (Å²) in [4.78, 5) is 55.7. The van der Waals surface area contributed by atoms with Crippen molar-refractivity contribution in [3.8, 4) is 0 Å². The summed E-state index contributed by atoms with van der Waals surface area (Å²) in [6.45, 7) is -2.02. The van der Waals surface area contributed by atoms with Gasteiger partial charge < -0.3 is 37.0 Å². The molecule has 2 unspecified atom stereocenters. The summed E-state index contributed by atoms with van der Waals surface area (Å²) < 4.78 is 0. The van der Waals surface area contributed by atoms with Crippen LogP contribution in [0.25, 0.3) is 0 Å². The highest BCUT2D eigenvalue weighted by Gasteiger charge is 2.28. The highest BCUT2D eigenvalue weighted by atomic mass is 16.4. The second-order valence-electron chi connectivity index (χ2n) is 4.28. The Bertz CT molecular complexity index is 481. The molecule has 0 saturated carbocycles. The van der Waals surface area contributed by atoms with Crippen LogP contribution in [0, 0.1) is 0 Å². The van der Waals surface area contributed by atoms with Gasteiger partial charge in [-0.15, -0.1) is 0 Å². The maximum absolute atomic E-state index is 11.8. The van der Waals surface area contributed by atoms with Crippen molar-refractivity contribution in [2.75, 3.05) is 19.7 Å². The number of rotatable bonds is 10. The quantitative estimate of drug-likeness (QED) is 0.205. The SMILES string of the molecule is NCC(=O)NC(CO)C(=O)NC(CC(=O)O)C(=O)NCC(=O)O. The lowest BCUT2D eigenvalue weighted by atomic mass is 10.1. The molecule has 0 aromatic heterocycles. The van der Waals surface area contributed by atoms with Crippen LogP contribution >= 0.6 is 0 Å². The molecule has 3 amide bonds. The first kappa shape index (κ1) is 20.3. The number of hydrogen-bond donors (Lipinski definition) is 7. The van der Waals surface area contributed by atoms with Crippen LogP contribution in [0.4, 0.5) is 0 Å². The molecule has 0 radical (unpaired) electrons. The van der Waals surface area contributed by atoms with E-state index in [0.717, 1.165) is 0 Å². The van der Waals surface area contributed by atoms with E-state index in [1.807, 2.05) is 10.6 Å². The van der Waals surface area contributed by atoms with Crippen LogP contribution in [0.3, 0.4) is 0 Å². The van der Waals surface area contributed by atoms with Gasteiger partial charge in [-0.3, -0.25) is 24.0 Å². The van der Waals surface area contributed by atoms with Crippen molar-refractivity contribution < 1.29 is 39.3 Å². The molecular formula is C11H18N4O8. The van der Waals surface area contributed by atoms with E-state index in [-0.39, 0.29) is 0 Å². The Labute approximate surface area is 130 Å². The Balaban J connectivity index is 4.87. The Morgan fingerprint density at radius 3 is 1.96 bits per heavy atom. The number of carbonyl (C=O) groups is 5. The van der Waals surface area contributed by atoms with E-state index >= 15 is 0 Å². The Kier molecular flexibility index (Phi) is 8.88. The number of nitrogens with two attached hydrogens (primary N) is 1. The largest absolute Gasteiger partial charge is 0.481 e. The first-order chi connectivity index (χ1) is 10.7. The van der Waals surface area contributed by atoms with Crippen molar-refractivity contribution in [1.82, 2.24) is 16.0 Å². The minimum atomic E-state index is -1.58. The number of aliphatic hydroxyl groups excluding tert-OH is 1. The van der Waals surface area contributed by atoms with Gasteiger partial charge in [0, 0.05) is 0 Å². The Morgan fingerprint density at radius 1 is 0.913 bits per heavy atom. The molecule has 12 heteroatoms. The van der Waals surface area contributed by atoms with Gasteiger partial charge in [-0.1, -0.05) is 0 Å². The summed E-state index contributed by atoms with van der Waals surface area (Å²) in [5, 5.41) is 32.2. The molecule has 0 heterocycles. The van der Waals surface area contributed by atoms with Crippen LogP contribution in [-0.4, -0.2) is 76.8 Å². The highest BCUT2D eigenvalue weighted by molar-refractivity contribution is 5.94. The Morgan fingerprint density at radius 2 is 1.52 bits per heavy atom. The van der Waals surface area contributed by atoms with E-state index < -0.39 is 67.9 Å². The van der Waals surface area contributed by atoms with Gasteiger partial charge in [0.15, 0.2) is 0 Å².